The summed E-state index contributed by atoms with van der Waals surface area (Å²) in [4.78, 5) is 28.9. The van der Waals surface area contributed by atoms with Crippen molar-refractivity contribution in [3.63, 3.8) is 0 Å². The normalized spacial score (nSPS) is 16.9. The molecular formula is C12H16N2O3S. The Hall–Kier alpha value is -1.43. The molecule has 1 saturated carbocycles. The number of carbonyl (C=O) groups excluding carboxylic acids is 1. The van der Waals surface area contributed by atoms with Crippen LogP contribution >= 0.6 is 11.3 Å². The number of rotatable bonds is 5. The Bertz CT molecular complexity index is 440. The number of nitrogens with zero attached hydrogens (tertiary/aromatic N) is 2. The molecule has 6 heteroatoms. The van der Waals surface area contributed by atoms with Gasteiger partial charge in [-0.3, -0.25) is 9.59 Å². The molecular weight excluding hydrogens is 252 g/mol. The SMILES string of the molecule is CN(Cc1cscn1)C(=O)CC1(C(=O)O)CCC1. The maximum absolute atomic E-state index is 12.0. The van der Waals surface area contributed by atoms with Crippen LogP contribution in [0.1, 0.15) is 31.4 Å². The van der Waals surface area contributed by atoms with Crippen molar-refractivity contribution in [2.45, 2.75) is 32.2 Å². The zero-order valence-electron chi connectivity index (χ0n) is 10.3. The lowest BCUT2D eigenvalue weighted by atomic mass is 9.66. The van der Waals surface area contributed by atoms with Gasteiger partial charge in [0.05, 0.1) is 23.2 Å². The van der Waals surface area contributed by atoms with Crippen molar-refractivity contribution in [1.29, 1.82) is 0 Å². The minimum Gasteiger partial charge on any atom is -0.481 e. The van der Waals surface area contributed by atoms with E-state index in [1.54, 1.807) is 17.5 Å². The van der Waals surface area contributed by atoms with E-state index < -0.39 is 11.4 Å². The molecule has 1 heterocycles. The average molecular weight is 268 g/mol. The van der Waals surface area contributed by atoms with E-state index in [1.807, 2.05) is 5.38 Å². The van der Waals surface area contributed by atoms with Gasteiger partial charge in [-0.05, 0) is 12.8 Å². The van der Waals surface area contributed by atoms with E-state index in [9.17, 15) is 14.7 Å². The molecule has 0 atom stereocenters. The molecule has 98 valence electrons. The molecule has 0 aromatic carbocycles. The number of hydrogen-bond donors (Lipinski definition) is 1. The molecule has 0 radical (unpaired) electrons. The van der Waals surface area contributed by atoms with Crippen molar-refractivity contribution in [3.8, 4) is 0 Å². The third-order valence-electron chi connectivity index (χ3n) is 3.56. The van der Waals surface area contributed by atoms with Gasteiger partial charge in [0.2, 0.25) is 5.91 Å². The monoisotopic (exact) mass is 268 g/mol. The first-order valence-electron chi connectivity index (χ1n) is 5.88. The number of hydrogen-bond acceptors (Lipinski definition) is 4. The highest BCUT2D eigenvalue weighted by Crippen LogP contribution is 2.44. The second-order valence-corrected chi connectivity index (χ2v) is 5.56. The lowest BCUT2D eigenvalue weighted by molar-refractivity contribution is -0.159. The molecule has 1 N–H and O–H groups in total. The number of thiazole rings is 1. The summed E-state index contributed by atoms with van der Waals surface area (Å²) in [6, 6.07) is 0. The Morgan fingerprint density at radius 2 is 2.28 bits per heavy atom. The van der Waals surface area contributed by atoms with Crippen molar-refractivity contribution < 1.29 is 14.7 Å². The number of aliphatic carboxylic acids is 1. The van der Waals surface area contributed by atoms with Gasteiger partial charge in [-0.1, -0.05) is 6.42 Å². The van der Waals surface area contributed by atoms with Crippen LogP contribution in [0, 0.1) is 5.41 Å². The van der Waals surface area contributed by atoms with Gasteiger partial charge < -0.3 is 10.0 Å². The molecule has 0 saturated heterocycles. The predicted octanol–water partition coefficient (Wildman–Crippen LogP) is 1.75. The summed E-state index contributed by atoms with van der Waals surface area (Å²) in [6.07, 6.45) is 2.22. The van der Waals surface area contributed by atoms with Crippen LogP contribution in [-0.2, 0) is 16.1 Å². The van der Waals surface area contributed by atoms with Gasteiger partial charge in [-0.2, -0.15) is 0 Å². The molecule has 0 unspecified atom stereocenters. The van der Waals surface area contributed by atoms with E-state index in [1.165, 1.54) is 11.3 Å². The molecule has 0 bridgehead atoms. The van der Waals surface area contributed by atoms with Crippen LogP contribution in [0.25, 0.3) is 0 Å². The fourth-order valence-electron chi connectivity index (χ4n) is 2.14. The largest absolute Gasteiger partial charge is 0.481 e. The Balaban J connectivity index is 1.93. The summed E-state index contributed by atoms with van der Waals surface area (Å²) >= 11 is 1.48. The lowest BCUT2D eigenvalue weighted by Crippen LogP contribution is -2.42. The van der Waals surface area contributed by atoms with Crippen molar-refractivity contribution in [2.75, 3.05) is 7.05 Å². The van der Waals surface area contributed by atoms with Gasteiger partial charge in [0, 0.05) is 18.8 Å². The number of carboxylic acids is 1. The van der Waals surface area contributed by atoms with Gasteiger partial charge >= 0.3 is 5.97 Å². The van der Waals surface area contributed by atoms with E-state index in [2.05, 4.69) is 4.98 Å². The first kappa shape index (κ1) is 13.0. The molecule has 0 spiro atoms. The van der Waals surface area contributed by atoms with Crippen LogP contribution in [0.5, 0.6) is 0 Å². The summed E-state index contributed by atoms with van der Waals surface area (Å²) in [5, 5.41) is 11.1. The zero-order chi connectivity index (χ0) is 13.2. The fourth-order valence-corrected chi connectivity index (χ4v) is 2.69. The second kappa shape index (κ2) is 5.06. The number of carbonyl (C=O) groups is 2. The zero-order valence-corrected chi connectivity index (χ0v) is 11.1. The first-order chi connectivity index (χ1) is 8.53. The first-order valence-corrected chi connectivity index (χ1v) is 6.82. The Morgan fingerprint density at radius 1 is 1.56 bits per heavy atom. The van der Waals surface area contributed by atoms with Crippen LogP contribution in [0.4, 0.5) is 0 Å². The summed E-state index contributed by atoms with van der Waals surface area (Å²) in [6.45, 7) is 0.442. The Labute approximate surface area is 109 Å². The molecule has 1 aliphatic rings. The third kappa shape index (κ3) is 2.53. The van der Waals surface area contributed by atoms with Crippen LogP contribution < -0.4 is 0 Å². The van der Waals surface area contributed by atoms with E-state index in [0.29, 0.717) is 19.4 Å². The quantitative estimate of drug-likeness (QED) is 0.883. The van der Waals surface area contributed by atoms with Gasteiger partial charge in [-0.25, -0.2) is 4.98 Å². The van der Waals surface area contributed by atoms with E-state index in [-0.39, 0.29) is 12.3 Å². The molecule has 2 rings (SSSR count). The Morgan fingerprint density at radius 3 is 2.72 bits per heavy atom. The molecule has 0 aliphatic heterocycles. The predicted molar refractivity (Wildman–Crippen MR) is 67.1 cm³/mol. The second-order valence-electron chi connectivity index (χ2n) is 4.85. The van der Waals surface area contributed by atoms with Gasteiger partial charge in [0.1, 0.15) is 0 Å². The van der Waals surface area contributed by atoms with E-state index >= 15 is 0 Å². The van der Waals surface area contributed by atoms with Crippen LogP contribution in [0.3, 0.4) is 0 Å². The fraction of sp³-hybridized carbons (Fsp3) is 0.583. The standard InChI is InChI=1S/C12H16N2O3S/c1-14(6-9-7-18-8-13-9)10(15)5-12(11(16)17)3-2-4-12/h7-8H,2-6H2,1H3,(H,16,17). The maximum atomic E-state index is 12.0. The third-order valence-corrected chi connectivity index (χ3v) is 4.20. The van der Waals surface area contributed by atoms with Crippen molar-refractivity contribution >= 4 is 23.2 Å². The minimum atomic E-state index is -0.843. The van der Waals surface area contributed by atoms with Crippen molar-refractivity contribution in [3.05, 3.63) is 16.6 Å². The molecule has 18 heavy (non-hydrogen) atoms. The molecule has 5 nitrogen and oxygen atoms in total. The maximum Gasteiger partial charge on any atom is 0.310 e. The number of amides is 1. The summed E-state index contributed by atoms with van der Waals surface area (Å²) in [7, 11) is 1.69. The van der Waals surface area contributed by atoms with E-state index in [0.717, 1.165) is 12.1 Å². The highest BCUT2D eigenvalue weighted by Gasteiger charge is 2.46. The van der Waals surface area contributed by atoms with Crippen molar-refractivity contribution in [1.82, 2.24) is 9.88 Å². The number of carboxylic acid groups (broad SMARTS) is 1. The van der Waals surface area contributed by atoms with Crippen molar-refractivity contribution in [2.24, 2.45) is 5.41 Å². The van der Waals surface area contributed by atoms with Crippen LogP contribution in [-0.4, -0.2) is 33.9 Å². The smallest absolute Gasteiger partial charge is 0.310 e. The van der Waals surface area contributed by atoms with Gasteiger partial charge in [-0.15, -0.1) is 11.3 Å². The summed E-state index contributed by atoms with van der Waals surface area (Å²) in [5.74, 6) is -0.964. The topological polar surface area (TPSA) is 70.5 Å². The molecule has 1 amide bonds. The molecule has 1 aromatic rings. The highest BCUT2D eigenvalue weighted by atomic mass is 32.1. The molecule has 1 aliphatic carbocycles. The Kier molecular flexibility index (Phi) is 3.65. The highest BCUT2D eigenvalue weighted by molar-refractivity contribution is 7.07. The molecule has 1 aromatic heterocycles. The summed E-state index contributed by atoms with van der Waals surface area (Å²) < 4.78 is 0. The van der Waals surface area contributed by atoms with Gasteiger partial charge in [0.25, 0.3) is 0 Å². The average Bonchev–Trinajstić information content (AvgIpc) is 2.75. The molecule has 1 fully saturated rings. The summed E-state index contributed by atoms with van der Waals surface area (Å²) in [5.41, 5.74) is 1.75. The van der Waals surface area contributed by atoms with Crippen LogP contribution in [0.2, 0.25) is 0 Å². The number of aromatic nitrogens is 1. The van der Waals surface area contributed by atoms with E-state index in [4.69, 9.17) is 0 Å². The van der Waals surface area contributed by atoms with Crippen LogP contribution in [0.15, 0.2) is 10.9 Å². The minimum absolute atomic E-state index is 0.100. The lowest BCUT2D eigenvalue weighted by Gasteiger charge is -2.37. The van der Waals surface area contributed by atoms with Gasteiger partial charge in [0.15, 0.2) is 0 Å².